The minimum atomic E-state index is -0.376. The van der Waals surface area contributed by atoms with E-state index in [0.717, 1.165) is 22.9 Å². The molecular formula is C21H20N2O4S. The van der Waals surface area contributed by atoms with Crippen LogP contribution in [-0.2, 0) is 16.0 Å². The van der Waals surface area contributed by atoms with Gasteiger partial charge in [0.1, 0.15) is 12.4 Å². The molecule has 0 unspecified atom stereocenters. The minimum Gasteiger partial charge on any atom is -0.492 e. The maximum absolute atomic E-state index is 12.2. The van der Waals surface area contributed by atoms with E-state index in [1.54, 1.807) is 30.2 Å². The number of carbonyl (C=O) groups excluding carboxylic acids is 3. The van der Waals surface area contributed by atoms with Crippen LogP contribution >= 0.6 is 11.8 Å². The Hall–Kier alpha value is -3.06. The summed E-state index contributed by atoms with van der Waals surface area (Å²) >= 11 is 0.886. The van der Waals surface area contributed by atoms with Gasteiger partial charge in [-0.1, -0.05) is 42.5 Å². The summed E-state index contributed by atoms with van der Waals surface area (Å²) in [4.78, 5) is 37.0. The van der Waals surface area contributed by atoms with Gasteiger partial charge in [-0.3, -0.25) is 19.7 Å². The van der Waals surface area contributed by atoms with Crippen molar-refractivity contribution in [3.8, 4) is 5.75 Å². The second-order valence-electron chi connectivity index (χ2n) is 6.25. The summed E-state index contributed by atoms with van der Waals surface area (Å²) in [5, 5.41) is 1.86. The van der Waals surface area contributed by atoms with Gasteiger partial charge in [0.25, 0.3) is 11.1 Å². The number of hydrogen-bond donors (Lipinski definition) is 1. The van der Waals surface area contributed by atoms with Crippen molar-refractivity contribution in [2.45, 2.75) is 6.42 Å². The number of carbonyl (C=O) groups is 3. The molecule has 0 atom stereocenters. The zero-order valence-corrected chi connectivity index (χ0v) is 16.2. The van der Waals surface area contributed by atoms with Gasteiger partial charge >= 0.3 is 0 Å². The van der Waals surface area contributed by atoms with Crippen LogP contribution in [-0.4, -0.2) is 42.2 Å². The fourth-order valence-electron chi connectivity index (χ4n) is 2.56. The first-order chi connectivity index (χ1) is 13.5. The van der Waals surface area contributed by atoms with Crippen LogP contribution in [0.25, 0.3) is 6.08 Å². The predicted octanol–water partition coefficient (Wildman–Crippen LogP) is 3.09. The lowest BCUT2D eigenvalue weighted by atomic mass is 10.1. The van der Waals surface area contributed by atoms with Crippen molar-refractivity contribution in [1.82, 2.24) is 10.2 Å². The molecule has 0 saturated carbocycles. The average molecular weight is 396 g/mol. The van der Waals surface area contributed by atoms with Crippen molar-refractivity contribution in [2.24, 2.45) is 0 Å². The van der Waals surface area contributed by atoms with Gasteiger partial charge in [0.05, 0.1) is 17.9 Å². The minimum absolute atomic E-state index is 0.0404. The summed E-state index contributed by atoms with van der Waals surface area (Å²) in [7, 11) is 1.76. The Bertz CT molecular complexity index is 894. The molecule has 1 aliphatic heterocycles. The second-order valence-corrected chi connectivity index (χ2v) is 7.26. The number of amides is 3. The van der Waals surface area contributed by atoms with E-state index in [2.05, 4.69) is 5.32 Å². The number of thioether (sulfide) groups is 1. The molecule has 0 aliphatic carbocycles. The first kappa shape index (κ1) is 19.7. The largest absolute Gasteiger partial charge is 0.492 e. The number of rotatable bonds is 7. The Balaban J connectivity index is 1.46. The van der Waals surface area contributed by atoms with E-state index in [0.29, 0.717) is 30.2 Å². The normalized spacial score (nSPS) is 14.8. The van der Waals surface area contributed by atoms with Crippen molar-refractivity contribution in [1.29, 1.82) is 0 Å². The third kappa shape index (κ3) is 5.47. The molecule has 1 fully saturated rings. The van der Waals surface area contributed by atoms with Gasteiger partial charge in [-0.15, -0.1) is 0 Å². The lowest BCUT2D eigenvalue weighted by molar-refractivity contribution is -0.129. The zero-order chi connectivity index (χ0) is 19.9. The monoisotopic (exact) mass is 396 g/mol. The Kier molecular flexibility index (Phi) is 6.49. The van der Waals surface area contributed by atoms with E-state index in [4.69, 9.17) is 4.74 Å². The van der Waals surface area contributed by atoms with Crippen molar-refractivity contribution in [2.75, 3.05) is 20.2 Å². The molecule has 0 spiro atoms. The highest BCUT2D eigenvalue weighted by molar-refractivity contribution is 8.18. The van der Waals surface area contributed by atoms with Crippen LogP contribution in [0.1, 0.15) is 11.1 Å². The highest BCUT2D eigenvalue weighted by Gasteiger charge is 2.24. The quantitative estimate of drug-likeness (QED) is 0.728. The van der Waals surface area contributed by atoms with Gasteiger partial charge in [0.2, 0.25) is 5.91 Å². The van der Waals surface area contributed by atoms with Crippen LogP contribution in [0.5, 0.6) is 5.75 Å². The SMILES string of the molecule is CN(CCOc1ccc(/C=C2\SC(=O)NC2=O)cc1)C(=O)Cc1ccccc1. The number of likely N-dealkylation sites (N-methyl/N-ethyl adjacent to an activating group) is 1. The summed E-state index contributed by atoms with van der Waals surface area (Å²) in [5.41, 5.74) is 1.79. The third-order valence-corrected chi connectivity index (χ3v) is 4.95. The maximum atomic E-state index is 12.2. The number of ether oxygens (including phenoxy) is 1. The predicted molar refractivity (Wildman–Crippen MR) is 109 cm³/mol. The molecule has 1 N–H and O–H groups in total. The summed E-state index contributed by atoms with van der Waals surface area (Å²) in [5.74, 6) is 0.336. The third-order valence-electron chi connectivity index (χ3n) is 4.14. The maximum Gasteiger partial charge on any atom is 0.290 e. The van der Waals surface area contributed by atoms with Crippen LogP contribution in [0.2, 0.25) is 0 Å². The molecule has 0 bridgehead atoms. The van der Waals surface area contributed by atoms with E-state index in [9.17, 15) is 14.4 Å². The first-order valence-electron chi connectivity index (χ1n) is 8.77. The number of imide groups is 1. The van der Waals surface area contributed by atoms with Crippen LogP contribution in [0.4, 0.5) is 4.79 Å². The molecule has 0 aromatic heterocycles. The summed E-state index contributed by atoms with van der Waals surface area (Å²) in [6.07, 6.45) is 2.03. The number of nitrogens with zero attached hydrogens (tertiary/aromatic N) is 1. The van der Waals surface area contributed by atoms with Crippen molar-refractivity contribution >= 4 is 34.9 Å². The lowest BCUT2D eigenvalue weighted by Gasteiger charge is -2.17. The molecule has 0 radical (unpaired) electrons. The Morgan fingerprint density at radius 3 is 2.46 bits per heavy atom. The molecule has 1 aliphatic rings. The van der Waals surface area contributed by atoms with E-state index < -0.39 is 0 Å². The van der Waals surface area contributed by atoms with E-state index in [1.165, 1.54) is 0 Å². The Labute approximate surface area is 167 Å². The van der Waals surface area contributed by atoms with Crippen molar-refractivity contribution < 1.29 is 19.1 Å². The van der Waals surface area contributed by atoms with Crippen molar-refractivity contribution in [3.63, 3.8) is 0 Å². The van der Waals surface area contributed by atoms with Gasteiger partial charge in [-0.05, 0) is 41.1 Å². The molecule has 7 heteroatoms. The molecule has 144 valence electrons. The molecular weight excluding hydrogens is 376 g/mol. The molecule has 2 aromatic carbocycles. The summed E-state index contributed by atoms with van der Waals surface area (Å²) in [6, 6.07) is 16.8. The van der Waals surface area contributed by atoms with E-state index in [1.807, 2.05) is 42.5 Å². The molecule has 3 rings (SSSR count). The molecule has 3 amide bonds. The molecule has 2 aromatic rings. The number of nitrogens with one attached hydrogen (secondary N) is 1. The number of hydrogen-bond acceptors (Lipinski definition) is 5. The fraction of sp³-hybridized carbons (Fsp3) is 0.190. The Morgan fingerprint density at radius 2 is 1.82 bits per heavy atom. The molecule has 1 saturated heterocycles. The van der Waals surface area contributed by atoms with E-state index >= 15 is 0 Å². The summed E-state index contributed by atoms with van der Waals surface area (Å²) in [6.45, 7) is 0.862. The van der Waals surface area contributed by atoms with Gasteiger partial charge < -0.3 is 9.64 Å². The average Bonchev–Trinajstić information content (AvgIpc) is 3.00. The van der Waals surface area contributed by atoms with Crippen LogP contribution in [0, 0.1) is 0 Å². The summed E-state index contributed by atoms with van der Waals surface area (Å²) < 4.78 is 5.69. The lowest BCUT2D eigenvalue weighted by Crippen LogP contribution is -2.32. The highest BCUT2D eigenvalue weighted by Crippen LogP contribution is 2.26. The zero-order valence-electron chi connectivity index (χ0n) is 15.4. The molecule has 28 heavy (non-hydrogen) atoms. The van der Waals surface area contributed by atoms with Crippen LogP contribution in [0.15, 0.2) is 59.5 Å². The van der Waals surface area contributed by atoms with Gasteiger partial charge in [0.15, 0.2) is 0 Å². The fourth-order valence-corrected chi connectivity index (χ4v) is 3.25. The molecule has 6 nitrogen and oxygen atoms in total. The topological polar surface area (TPSA) is 75.7 Å². The standard InChI is InChI=1S/C21H20N2O4S/c1-23(19(24)14-15-5-3-2-4-6-15)11-12-27-17-9-7-16(8-10-17)13-18-20(25)22-21(26)28-18/h2-10,13H,11-12,14H2,1H3,(H,22,25,26)/b18-13-. The first-order valence-corrected chi connectivity index (χ1v) is 9.58. The van der Waals surface area contributed by atoms with Crippen LogP contribution < -0.4 is 10.1 Å². The van der Waals surface area contributed by atoms with Gasteiger partial charge in [-0.2, -0.15) is 0 Å². The highest BCUT2D eigenvalue weighted by atomic mass is 32.2. The number of benzene rings is 2. The molecule has 1 heterocycles. The second kappa shape index (κ2) is 9.23. The van der Waals surface area contributed by atoms with Crippen molar-refractivity contribution in [3.05, 3.63) is 70.6 Å². The van der Waals surface area contributed by atoms with E-state index in [-0.39, 0.29) is 17.1 Å². The van der Waals surface area contributed by atoms with Gasteiger partial charge in [0, 0.05) is 7.05 Å². The smallest absolute Gasteiger partial charge is 0.290 e. The van der Waals surface area contributed by atoms with Gasteiger partial charge in [-0.25, -0.2) is 0 Å². The Morgan fingerprint density at radius 1 is 1.11 bits per heavy atom. The van der Waals surface area contributed by atoms with Crippen LogP contribution in [0.3, 0.4) is 0 Å².